The second kappa shape index (κ2) is 7.31. The highest BCUT2D eigenvalue weighted by molar-refractivity contribution is 6.30. The Morgan fingerprint density at radius 1 is 1.26 bits per heavy atom. The summed E-state index contributed by atoms with van der Waals surface area (Å²) in [4.78, 5) is 19.2. The van der Waals surface area contributed by atoms with Gasteiger partial charge in [0.05, 0.1) is 19.4 Å². The number of nitrogens with zero attached hydrogens (tertiary/aromatic N) is 3. The molecular weight excluding hydrogens is 364 g/mol. The molecule has 7 heteroatoms. The van der Waals surface area contributed by atoms with Crippen LogP contribution >= 0.6 is 11.6 Å². The van der Waals surface area contributed by atoms with Gasteiger partial charge in [-0.3, -0.25) is 9.20 Å². The Morgan fingerprint density at radius 3 is 2.74 bits per heavy atom. The van der Waals surface area contributed by atoms with Crippen molar-refractivity contribution in [3.63, 3.8) is 0 Å². The lowest BCUT2D eigenvalue weighted by molar-refractivity contribution is 0.0298. The van der Waals surface area contributed by atoms with Crippen LogP contribution in [0.1, 0.15) is 21.6 Å². The summed E-state index contributed by atoms with van der Waals surface area (Å²) in [5, 5.41) is 0.692. The number of carbonyl (C=O) groups is 1. The number of fused-ring (bicyclic) bond motifs is 1. The maximum Gasteiger partial charge on any atom is 0.272 e. The second-order valence-electron chi connectivity index (χ2n) is 6.65. The van der Waals surface area contributed by atoms with Gasteiger partial charge in [-0.25, -0.2) is 4.98 Å². The molecule has 3 aromatic rings. The number of benzene rings is 1. The van der Waals surface area contributed by atoms with Gasteiger partial charge in [0.1, 0.15) is 11.3 Å². The maximum atomic E-state index is 13.0. The second-order valence-corrected chi connectivity index (χ2v) is 7.09. The molecule has 0 aliphatic carbocycles. The SMILES string of the molecule is Cc1cc(Cl)ccc1-c1cn2c(C(=O)N3CCOCC3)cnc2cc1CN. The molecule has 3 heterocycles. The first-order valence-electron chi connectivity index (χ1n) is 8.92. The quantitative estimate of drug-likeness (QED) is 0.753. The summed E-state index contributed by atoms with van der Waals surface area (Å²) >= 11 is 6.11. The summed E-state index contributed by atoms with van der Waals surface area (Å²) in [7, 11) is 0. The number of aryl methyl sites for hydroxylation is 1. The molecule has 2 aromatic heterocycles. The molecule has 0 bridgehead atoms. The molecule has 1 aromatic carbocycles. The van der Waals surface area contributed by atoms with Crippen LogP contribution in [0, 0.1) is 6.92 Å². The minimum atomic E-state index is -0.0370. The number of nitrogens with two attached hydrogens (primary N) is 1. The molecule has 4 rings (SSSR count). The predicted molar refractivity (Wildman–Crippen MR) is 105 cm³/mol. The van der Waals surface area contributed by atoms with E-state index in [1.165, 1.54) is 0 Å². The molecule has 0 unspecified atom stereocenters. The van der Waals surface area contributed by atoms with Crippen LogP contribution in [-0.2, 0) is 11.3 Å². The van der Waals surface area contributed by atoms with Gasteiger partial charge in [-0.05, 0) is 41.8 Å². The van der Waals surface area contributed by atoms with Crippen molar-refractivity contribution in [1.82, 2.24) is 14.3 Å². The minimum Gasteiger partial charge on any atom is -0.378 e. The molecule has 27 heavy (non-hydrogen) atoms. The standard InChI is InChI=1S/C20H21ClN4O2/c1-13-8-15(21)2-3-16(13)17-12-25-18(11-23-19(25)9-14(17)10-22)20(26)24-4-6-27-7-5-24/h2-3,8-9,11-12H,4-7,10,22H2,1H3. The van der Waals surface area contributed by atoms with Crippen molar-refractivity contribution in [2.24, 2.45) is 5.73 Å². The zero-order valence-electron chi connectivity index (χ0n) is 15.1. The Hall–Kier alpha value is -2.41. The molecule has 0 radical (unpaired) electrons. The number of imidazole rings is 1. The Bertz CT molecular complexity index is 1010. The van der Waals surface area contributed by atoms with E-state index in [2.05, 4.69) is 4.98 Å². The molecule has 1 fully saturated rings. The third kappa shape index (κ3) is 3.32. The van der Waals surface area contributed by atoms with Crippen LogP contribution in [0.15, 0.2) is 36.7 Å². The predicted octanol–water partition coefficient (Wildman–Crippen LogP) is 2.89. The van der Waals surface area contributed by atoms with E-state index in [4.69, 9.17) is 22.1 Å². The number of aromatic nitrogens is 2. The molecule has 1 aliphatic rings. The van der Waals surface area contributed by atoms with Gasteiger partial charge in [0.25, 0.3) is 5.91 Å². The zero-order valence-corrected chi connectivity index (χ0v) is 15.9. The van der Waals surface area contributed by atoms with Gasteiger partial charge in [-0.1, -0.05) is 17.7 Å². The Kier molecular flexibility index (Phi) is 4.86. The van der Waals surface area contributed by atoms with Crippen LogP contribution in [0.25, 0.3) is 16.8 Å². The zero-order chi connectivity index (χ0) is 19.0. The van der Waals surface area contributed by atoms with E-state index in [0.717, 1.165) is 22.3 Å². The fourth-order valence-electron chi connectivity index (χ4n) is 3.49. The number of ether oxygens (including phenoxy) is 1. The number of halogens is 1. The van der Waals surface area contributed by atoms with Crippen LogP contribution in [0.3, 0.4) is 0 Å². The minimum absolute atomic E-state index is 0.0370. The number of rotatable bonds is 3. The third-order valence-electron chi connectivity index (χ3n) is 4.95. The summed E-state index contributed by atoms with van der Waals surface area (Å²) < 4.78 is 7.19. The van der Waals surface area contributed by atoms with Crippen molar-refractivity contribution in [2.45, 2.75) is 13.5 Å². The molecule has 0 spiro atoms. The highest BCUT2D eigenvalue weighted by atomic mass is 35.5. The summed E-state index contributed by atoms with van der Waals surface area (Å²) in [6.45, 7) is 4.71. The van der Waals surface area contributed by atoms with Crippen LogP contribution in [0.5, 0.6) is 0 Å². The largest absolute Gasteiger partial charge is 0.378 e. The van der Waals surface area contributed by atoms with Crippen LogP contribution in [0.4, 0.5) is 0 Å². The molecule has 0 atom stereocenters. The fraction of sp³-hybridized carbons (Fsp3) is 0.300. The van der Waals surface area contributed by atoms with E-state index < -0.39 is 0 Å². The molecular formula is C20H21ClN4O2. The van der Waals surface area contributed by atoms with E-state index in [9.17, 15) is 4.79 Å². The van der Waals surface area contributed by atoms with Crippen molar-refractivity contribution >= 4 is 23.2 Å². The lowest BCUT2D eigenvalue weighted by atomic mass is 9.97. The van der Waals surface area contributed by atoms with Gasteiger partial charge in [-0.2, -0.15) is 0 Å². The van der Waals surface area contributed by atoms with Crippen molar-refractivity contribution in [2.75, 3.05) is 26.3 Å². The summed E-state index contributed by atoms with van der Waals surface area (Å²) in [5.74, 6) is -0.0370. The number of pyridine rings is 1. The fourth-order valence-corrected chi connectivity index (χ4v) is 3.72. The van der Waals surface area contributed by atoms with E-state index in [0.29, 0.717) is 49.2 Å². The van der Waals surface area contributed by atoms with Crippen molar-refractivity contribution < 1.29 is 9.53 Å². The molecule has 6 nitrogen and oxygen atoms in total. The molecule has 2 N–H and O–H groups in total. The average Bonchev–Trinajstić information content (AvgIpc) is 3.10. The van der Waals surface area contributed by atoms with Crippen molar-refractivity contribution in [3.05, 3.63) is 58.5 Å². The van der Waals surface area contributed by atoms with E-state index in [-0.39, 0.29) is 5.91 Å². The van der Waals surface area contributed by atoms with Gasteiger partial charge in [0, 0.05) is 36.4 Å². The topological polar surface area (TPSA) is 72.9 Å². The lowest BCUT2D eigenvalue weighted by Crippen LogP contribution is -2.41. The van der Waals surface area contributed by atoms with Crippen molar-refractivity contribution in [1.29, 1.82) is 0 Å². The monoisotopic (exact) mass is 384 g/mol. The first kappa shape index (κ1) is 18.0. The number of amides is 1. The van der Waals surface area contributed by atoms with Gasteiger partial charge in [-0.15, -0.1) is 0 Å². The number of carbonyl (C=O) groups excluding carboxylic acids is 1. The first-order chi connectivity index (χ1) is 13.1. The molecule has 0 saturated carbocycles. The highest BCUT2D eigenvalue weighted by Crippen LogP contribution is 2.30. The maximum absolute atomic E-state index is 13.0. The smallest absolute Gasteiger partial charge is 0.272 e. The van der Waals surface area contributed by atoms with Crippen LogP contribution in [-0.4, -0.2) is 46.5 Å². The molecule has 1 amide bonds. The molecule has 1 aliphatic heterocycles. The van der Waals surface area contributed by atoms with Gasteiger partial charge in [0.15, 0.2) is 0 Å². The van der Waals surface area contributed by atoms with Gasteiger partial charge < -0.3 is 15.4 Å². The highest BCUT2D eigenvalue weighted by Gasteiger charge is 2.22. The van der Waals surface area contributed by atoms with Gasteiger partial charge in [0.2, 0.25) is 0 Å². The lowest BCUT2D eigenvalue weighted by Gasteiger charge is -2.26. The number of hydrogen-bond acceptors (Lipinski definition) is 4. The molecule has 1 saturated heterocycles. The van der Waals surface area contributed by atoms with E-state index in [1.54, 1.807) is 11.1 Å². The summed E-state index contributed by atoms with van der Waals surface area (Å²) in [6, 6.07) is 7.72. The van der Waals surface area contributed by atoms with Crippen LogP contribution in [0.2, 0.25) is 5.02 Å². The van der Waals surface area contributed by atoms with Gasteiger partial charge >= 0.3 is 0 Å². The Morgan fingerprint density at radius 2 is 2.04 bits per heavy atom. The Labute approximate surface area is 162 Å². The van der Waals surface area contributed by atoms with E-state index in [1.807, 2.05) is 41.8 Å². The number of morpholine rings is 1. The Balaban J connectivity index is 1.83. The van der Waals surface area contributed by atoms with Crippen molar-refractivity contribution in [3.8, 4) is 11.1 Å². The first-order valence-corrected chi connectivity index (χ1v) is 9.30. The number of hydrogen-bond donors (Lipinski definition) is 1. The summed E-state index contributed by atoms with van der Waals surface area (Å²) in [5.41, 5.74) is 11.3. The third-order valence-corrected chi connectivity index (χ3v) is 5.18. The van der Waals surface area contributed by atoms with E-state index >= 15 is 0 Å². The average molecular weight is 385 g/mol. The van der Waals surface area contributed by atoms with Crippen LogP contribution < -0.4 is 5.73 Å². The summed E-state index contributed by atoms with van der Waals surface area (Å²) in [6.07, 6.45) is 3.58. The normalized spacial score (nSPS) is 14.7. The molecule has 140 valence electrons.